The van der Waals surface area contributed by atoms with E-state index in [1.54, 1.807) is 0 Å². The van der Waals surface area contributed by atoms with Crippen molar-refractivity contribution >= 4 is 71.2 Å². The van der Waals surface area contributed by atoms with Crippen LogP contribution in [-0.2, 0) is 13.1 Å². The van der Waals surface area contributed by atoms with E-state index >= 15 is 0 Å². The Labute approximate surface area is 264 Å². The van der Waals surface area contributed by atoms with Crippen LogP contribution in [0.25, 0.3) is 0 Å². The smallest absolute Gasteiger partial charge is 0.0234 e. The summed E-state index contributed by atoms with van der Waals surface area (Å²) in [4.78, 5) is 10.5. The molecule has 2 aliphatic rings. The number of nitrogens with zero attached hydrogens (tertiary/aromatic N) is 4. The third-order valence-corrected chi connectivity index (χ3v) is 9.41. The molecule has 4 nitrogen and oxygen atoms in total. The molecule has 0 aliphatic carbocycles. The number of hydrogen-bond acceptors (Lipinski definition) is 6. The molecule has 0 bridgehead atoms. The molecule has 2 aromatic rings. The number of piperazine rings is 2. The zero-order valence-corrected chi connectivity index (χ0v) is 27.7. The summed E-state index contributed by atoms with van der Waals surface area (Å²) >= 11 is 0. The van der Waals surface area contributed by atoms with Crippen molar-refractivity contribution in [3.05, 3.63) is 70.8 Å². The van der Waals surface area contributed by atoms with Crippen LogP contribution in [0.15, 0.2) is 48.5 Å². The van der Waals surface area contributed by atoms with Crippen molar-refractivity contribution in [2.24, 2.45) is 0 Å². The van der Waals surface area contributed by atoms with E-state index in [0.717, 1.165) is 13.1 Å². The van der Waals surface area contributed by atoms with Crippen LogP contribution >= 0.6 is 71.2 Å². The number of rotatable bonds is 11. The second-order valence-corrected chi connectivity index (χ2v) is 12.6. The van der Waals surface area contributed by atoms with Gasteiger partial charge in [-0.25, -0.2) is 0 Å². The van der Waals surface area contributed by atoms with Crippen molar-refractivity contribution in [3.63, 3.8) is 0 Å². The number of hydrogen-bond donors (Lipinski definition) is 0. The van der Waals surface area contributed by atoms with Crippen LogP contribution in [0.5, 0.6) is 0 Å². The molecule has 2 aliphatic heterocycles. The largest absolute Gasteiger partial charge is 0.300 e. The summed E-state index contributed by atoms with van der Waals surface area (Å²) in [5.41, 5.74) is 5.58. The number of benzene rings is 2. The predicted molar refractivity (Wildman–Crippen MR) is 180 cm³/mol. The van der Waals surface area contributed by atoms with Gasteiger partial charge in [0.15, 0.2) is 0 Å². The lowest BCUT2D eigenvalue weighted by molar-refractivity contribution is 0.132. The van der Waals surface area contributed by atoms with Crippen molar-refractivity contribution < 1.29 is 0 Å². The molecule has 0 atom stereocenters. The molecule has 0 amide bonds. The maximum Gasteiger partial charge on any atom is 0.0234 e. The minimum atomic E-state index is 0. The summed E-state index contributed by atoms with van der Waals surface area (Å²) in [6, 6.07) is 18.0. The highest BCUT2D eigenvalue weighted by Gasteiger charge is 2.18. The highest BCUT2D eigenvalue weighted by Crippen LogP contribution is 2.22. The van der Waals surface area contributed by atoms with Crippen LogP contribution in [0.2, 0.25) is 0 Å². The third-order valence-electron chi connectivity index (χ3n) is 7.05. The first-order valence-corrected chi connectivity index (χ1v) is 15.4. The summed E-state index contributed by atoms with van der Waals surface area (Å²) in [5.74, 6) is 2.49. The van der Waals surface area contributed by atoms with E-state index < -0.39 is 0 Å². The molecule has 0 aromatic heterocycles. The Morgan fingerprint density at radius 3 is 1.08 bits per heavy atom. The first kappa shape index (κ1) is 38.1. The Balaban J connectivity index is 0.00000342. The molecule has 0 unspecified atom stereocenters. The molecule has 4 rings (SSSR count). The molecule has 0 saturated carbocycles. The van der Waals surface area contributed by atoms with Gasteiger partial charge in [-0.3, -0.25) is 19.6 Å². The average Bonchev–Trinajstić information content (AvgIpc) is 2.86. The molecular formula is C28H46Cl4N4S2. The monoisotopic (exact) mass is 642 g/mol. The molecular weight excluding hydrogens is 598 g/mol. The van der Waals surface area contributed by atoms with Crippen molar-refractivity contribution in [1.29, 1.82) is 0 Å². The van der Waals surface area contributed by atoms with Crippen LogP contribution in [0.3, 0.4) is 0 Å². The molecule has 2 aromatic carbocycles. The van der Waals surface area contributed by atoms with Gasteiger partial charge in [-0.2, -0.15) is 0 Å². The predicted octanol–water partition coefficient (Wildman–Crippen LogP) is 6.31. The van der Waals surface area contributed by atoms with Gasteiger partial charge in [0.25, 0.3) is 0 Å². The second-order valence-electron chi connectivity index (χ2n) is 9.85. The Kier molecular flexibility index (Phi) is 21.0. The van der Waals surface area contributed by atoms with Gasteiger partial charge < -0.3 is 0 Å². The summed E-state index contributed by atoms with van der Waals surface area (Å²) in [7, 11) is 4.14. The van der Waals surface area contributed by atoms with E-state index in [2.05, 4.69) is 104 Å². The average molecular weight is 645 g/mol. The highest BCUT2D eigenvalue weighted by atomic mass is 35.5. The van der Waals surface area contributed by atoms with Gasteiger partial charge in [-0.05, 0) is 25.0 Å². The van der Waals surface area contributed by atoms with Gasteiger partial charge in [0.2, 0.25) is 0 Å². The molecule has 0 N–H and O–H groups in total. The molecule has 2 heterocycles. The highest BCUT2D eigenvalue weighted by molar-refractivity contribution is 8.76. The van der Waals surface area contributed by atoms with Crippen molar-refractivity contribution in [2.75, 3.05) is 77.0 Å². The lowest BCUT2D eigenvalue weighted by atomic mass is 10.1. The van der Waals surface area contributed by atoms with Crippen LogP contribution < -0.4 is 0 Å². The van der Waals surface area contributed by atoms with Gasteiger partial charge in [-0.15, -0.1) is 49.6 Å². The zero-order valence-electron chi connectivity index (χ0n) is 22.8. The van der Waals surface area contributed by atoms with E-state index in [0.29, 0.717) is 0 Å². The van der Waals surface area contributed by atoms with Gasteiger partial charge >= 0.3 is 0 Å². The molecule has 2 saturated heterocycles. The molecule has 10 heteroatoms. The first-order valence-electron chi connectivity index (χ1n) is 12.9. The number of halogens is 4. The quantitative estimate of drug-likeness (QED) is 0.209. The number of aryl methyl sites for hydroxylation is 2. The molecule has 0 spiro atoms. The first-order chi connectivity index (χ1) is 16.6. The fraction of sp³-hybridized carbons (Fsp3) is 0.571. The summed E-state index contributed by atoms with van der Waals surface area (Å²) in [5, 5.41) is 0. The SMILES string of the molecule is Cc1ccc(CN2CCN(CCSSCCN3CCN(Cc4ccc(C)cc4)CC3)CC2)cc1.Cl.Cl.Cl.Cl. The van der Waals surface area contributed by atoms with Gasteiger partial charge in [-0.1, -0.05) is 81.2 Å². The van der Waals surface area contributed by atoms with Crippen LogP contribution in [-0.4, -0.2) is 96.6 Å². The summed E-state index contributed by atoms with van der Waals surface area (Å²) in [6.07, 6.45) is 0. The molecule has 38 heavy (non-hydrogen) atoms. The van der Waals surface area contributed by atoms with Crippen molar-refractivity contribution in [1.82, 2.24) is 19.6 Å². The Morgan fingerprint density at radius 1 is 0.474 bits per heavy atom. The van der Waals surface area contributed by atoms with Crippen molar-refractivity contribution in [2.45, 2.75) is 26.9 Å². The fourth-order valence-electron chi connectivity index (χ4n) is 4.70. The minimum Gasteiger partial charge on any atom is -0.300 e. The molecule has 218 valence electrons. The Morgan fingerprint density at radius 2 is 0.763 bits per heavy atom. The maximum atomic E-state index is 2.65. The fourth-order valence-corrected chi connectivity index (χ4v) is 6.75. The molecule has 2 fully saturated rings. The van der Waals surface area contributed by atoms with E-state index in [1.807, 2.05) is 0 Å². The van der Waals surface area contributed by atoms with Crippen LogP contribution in [0, 0.1) is 13.8 Å². The van der Waals surface area contributed by atoms with Crippen molar-refractivity contribution in [3.8, 4) is 0 Å². The van der Waals surface area contributed by atoms with Gasteiger partial charge in [0.05, 0.1) is 0 Å². The zero-order chi connectivity index (χ0) is 23.6. The van der Waals surface area contributed by atoms with Crippen LogP contribution in [0.1, 0.15) is 22.3 Å². The van der Waals surface area contributed by atoms with E-state index in [4.69, 9.17) is 0 Å². The topological polar surface area (TPSA) is 13.0 Å². The van der Waals surface area contributed by atoms with Crippen LogP contribution in [0.4, 0.5) is 0 Å². The standard InChI is InChI=1S/C28H42N4S2.4ClH/c1-25-3-7-27(8-4-25)23-31-15-11-29(12-16-31)19-21-33-34-22-20-30-13-17-32(18-14-30)24-28-9-5-26(2)6-10-28;;;;/h3-10H,11-24H2,1-2H3;4*1H. The van der Waals surface area contributed by atoms with Gasteiger partial charge in [0.1, 0.15) is 0 Å². The third kappa shape index (κ3) is 13.7. The Bertz CT molecular complexity index is 773. The van der Waals surface area contributed by atoms with E-state index in [9.17, 15) is 0 Å². The van der Waals surface area contributed by atoms with E-state index in [-0.39, 0.29) is 49.6 Å². The maximum absolute atomic E-state index is 2.65. The minimum absolute atomic E-state index is 0. The lowest BCUT2D eigenvalue weighted by Gasteiger charge is -2.35. The van der Waals surface area contributed by atoms with Gasteiger partial charge in [0, 0.05) is 90.0 Å². The second kappa shape index (κ2) is 20.9. The summed E-state index contributed by atoms with van der Waals surface area (Å²) < 4.78 is 0. The molecule has 0 radical (unpaired) electrons. The lowest BCUT2D eigenvalue weighted by Crippen LogP contribution is -2.46. The van der Waals surface area contributed by atoms with E-state index in [1.165, 1.54) is 99.2 Å². The summed E-state index contributed by atoms with van der Waals surface area (Å²) in [6.45, 7) is 18.6. The normalized spacial score (nSPS) is 17.0. The Hall–Kier alpha value is 0.140.